The molecule has 3 heteroatoms. The minimum atomic E-state index is 0.0448. The molecule has 0 amide bonds. The average Bonchev–Trinajstić information content (AvgIpc) is 2.80. The van der Waals surface area contributed by atoms with Crippen LogP contribution < -0.4 is 5.32 Å². The summed E-state index contributed by atoms with van der Waals surface area (Å²) < 4.78 is 5.40. The van der Waals surface area contributed by atoms with Crippen molar-refractivity contribution in [1.82, 2.24) is 5.32 Å². The first-order chi connectivity index (χ1) is 7.36. The van der Waals surface area contributed by atoms with Crippen LogP contribution in [0.15, 0.2) is 0 Å². The van der Waals surface area contributed by atoms with Crippen molar-refractivity contribution >= 4 is 5.97 Å². The van der Waals surface area contributed by atoms with Crippen LogP contribution in [0.3, 0.4) is 0 Å². The predicted octanol–water partition coefficient (Wildman–Crippen LogP) is 1.72. The van der Waals surface area contributed by atoms with Crippen molar-refractivity contribution in [2.75, 3.05) is 19.7 Å². The molecule has 0 aromatic carbocycles. The van der Waals surface area contributed by atoms with E-state index < -0.39 is 0 Å². The lowest BCUT2D eigenvalue weighted by atomic mass is 9.98. The van der Waals surface area contributed by atoms with Crippen LogP contribution in [0.2, 0.25) is 0 Å². The third kappa shape index (κ3) is 3.20. The highest BCUT2D eigenvalue weighted by molar-refractivity contribution is 5.72. The van der Waals surface area contributed by atoms with E-state index in [-0.39, 0.29) is 11.9 Å². The summed E-state index contributed by atoms with van der Waals surface area (Å²) in [7, 11) is 0. The highest BCUT2D eigenvalue weighted by atomic mass is 16.5. The average molecular weight is 211 g/mol. The maximum Gasteiger partial charge on any atom is 0.309 e. The second-order valence-electron chi connectivity index (χ2n) is 4.80. The van der Waals surface area contributed by atoms with Crippen molar-refractivity contribution in [3.05, 3.63) is 0 Å². The van der Waals surface area contributed by atoms with Gasteiger partial charge in [-0.05, 0) is 44.7 Å². The molecule has 0 atom stereocenters. The van der Waals surface area contributed by atoms with E-state index in [4.69, 9.17) is 4.74 Å². The fourth-order valence-electron chi connectivity index (χ4n) is 2.55. The molecule has 0 radical (unpaired) electrons. The van der Waals surface area contributed by atoms with Gasteiger partial charge in [0.25, 0.3) is 0 Å². The predicted molar refractivity (Wildman–Crippen MR) is 58.5 cm³/mol. The SMILES string of the molecule is O=C(OCC1CCCC1)C1CCNCC1. The Hall–Kier alpha value is -0.570. The third-order valence-electron chi connectivity index (χ3n) is 3.61. The molecule has 0 aromatic heterocycles. The molecule has 0 spiro atoms. The third-order valence-corrected chi connectivity index (χ3v) is 3.61. The number of hydrogen-bond acceptors (Lipinski definition) is 3. The van der Waals surface area contributed by atoms with Crippen LogP contribution in [0.5, 0.6) is 0 Å². The summed E-state index contributed by atoms with van der Waals surface area (Å²) in [5.41, 5.74) is 0. The van der Waals surface area contributed by atoms with E-state index in [2.05, 4.69) is 5.32 Å². The van der Waals surface area contributed by atoms with Crippen LogP contribution in [0.1, 0.15) is 38.5 Å². The number of piperidine rings is 1. The summed E-state index contributed by atoms with van der Waals surface area (Å²) >= 11 is 0. The Bertz CT molecular complexity index is 206. The Kier molecular flexibility index (Phi) is 4.01. The van der Waals surface area contributed by atoms with Gasteiger partial charge >= 0.3 is 5.97 Å². The highest BCUT2D eigenvalue weighted by Crippen LogP contribution is 2.25. The van der Waals surface area contributed by atoms with Gasteiger partial charge < -0.3 is 10.1 Å². The summed E-state index contributed by atoms with van der Waals surface area (Å²) in [6.07, 6.45) is 7.02. The number of carbonyl (C=O) groups is 1. The molecular formula is C12H21NO2. The maximum absolute atomic E-state index is 11.7. The molecule has 1 aliphatic heterocycles. The smallest absolute Gasteiger partial charge is 0.309 e. The van der Waals surface area contributed by atoms with Crippen LogP contribution in [0, 0.1) is 11.8 Å². The Morgan fingerprint density at radius 3 is 2.47 bits per heavy atom. The zero-order chi connectivity index (χ0) is 10.5. The summed E-state index contributed by atoms with van der Waals surface area (Å²) in [5.74, 6) is 0.853. The quantitative estimate of drug-likeness (QED) is 0.722. The molecule has 15 heavy (non-hydrogen) atoms. The van der Waals surface area contributed by atoms with E-state index >= 15 is 0 Å². The molecule has 3 nitrogen and oxygen atoms in total. The monoisotopic (exact) mass is 211 g/mol. The standard InChI is InChI=1S/C12H21NO2/c14-12(11-5-7-13-8-6-11)15-9-10-3-1-2-4-10/h10-11,13H,1-9H2. The Balaban J connectivity index is 1.66. The normalized spacial score (nSPS) is 24.3. The van der Waals surface area contributed by atoms with Gasteiger partial charge in [0.2, 0.25) is 0 Å². The van der Waals surface area contributed by atoms with E-state index in [1.807, 2.05) is 0 Å². The van der Waals surface area contributed by atoms with Gasteiger partial charge in [0.05, 0.1) is 12.5 Å². The van der Waals surface area contributed by atoms with Crippen LogP contribution >= 0.6 is 0 Å². The van der Waals surface area contributed by atoms with Gasteiger partial charge in [-0.3, -0.25) is 4.79 Å². The summed E-state index contributed by atoms with van der Waals surface area (Å²) in [6, 6.07) is 0. The number of rotatable bonds is 3. The zero-order valence-electron chi connectivity index (χ0n) is 9.34. The first-order valence-corrected chi connectivity index (χ1v) is 6.23. The lowest BCUT2D eigenvalue weighted by molar-refractivity contribution is -0.150. The van der Waals surface area contributed by atoms with Crippen molar-refractivity contribution in [2.24, 2.45) is 11.8 Å². The molecule has 0 bridgehead atoms. The van der Waals surface area contributed by atoms with E-state index in [1.165, 1.54) is 25.7 Å². The minimum absolute atomic E-state index is 0.0448. The Labute approximate surface area is 91.6 Å². The van der Waals surface area contributed by atoms with Crippen LogP contribution in [0.25, 0.3) is 0 Å². The van der Waals surface area contributed by atoms with Gasteiger partial charge in [-0.1, -0.05) is 12.8 Å². The lowest BCUT2D eigenvalue weighted by Crippen LogP contribution is -2.33. The molecule has 1 saturated carbocycles. The molecule has 1 N–H and O–H groups in total. The molecular weight excluding hydrogens is 190 g/mol. The number of carbonyl (C=O) groups excluding carboxylic acids is 1. The molecule has 0 unspecified atom stereocenters. The topological polar surface area (TPSA) is 38.3 Å². The van der Waals surface area contributed by atoms with E-state index in [0.717, 1.165) is 25.9 Å². The van der Waals surface area contributed by atoms with Gasteiger partial charge in [-0.25, -0.2) is 0 Å². The second-order valence-corrected chi connectivity index (χ2v) is 4.80. The van der Waals surface area contributed by atoms with Gasteiger partial charge in [-0.15, -0.1) is 0 Å². The molecule has 2 fully saturated rings. The molecule has 2 aliphatic rings. The minimum Gasteiger partial charge on any atom is -0.465 e. The Morgan fingerprint density at radius 2 is 1.80 bits per heavy atom. The van der Waals surface area contributed by atoms with Crippen molar-refractivity contribution in [2.45, 2.75) is 38.5 Å². The zero-order valence-corrected chi connectivity index (χ0v) is 9.34. The molecule has 0 aromatic rings. The van der Waals surface area contributed by atoms with Crippen LogP contribution in [0.4, 0.5) is 0 Å². The van der Waals surface area contributed by atoms with Gasteiger partial charge in [0.1, 0.15) is 0 Å². The van der Waals surface area contributed by atoms with Gasteiger partial charge in [0, 0.05) is 0 Å². The maximum atomic E-state index is 11.7. The Morgan fingerprint density at radius 1 is 1.13 bits per heavy atom. The highest BCUT2D eigenvalue weighted by Gasteiger charge is 2.24. The van der Waals surface area contributed by atoms with Crippen molar-refractivity contribution in [3.63, 3.8) is 0 Å². The van der Waals surface area contributed by atoms with Gasteiger partial charge in [0.15, 0.2) is 0 Å². The van der Waals surface area contributed by atoms with Crippen molar-refractivity contribution in [1.29, 1.82) is 0 Å². The van der Waals surface area contributed by atoms with Crippen LogP contribution in [-0.4, -0.2) is 25.7 Å². The van der Waals surface area contributed by atoms with Crippen molar-refractivity contribution < 1.29 is 9.53 Å². The van der Waals surface area contributed by atoms with E-state index in [9.17, 15) is 4.79 Å². The summed E-state index contributed by atoms with van der Waals surface area (Å²) in [6.45, 7) is 2.59. The molecule has 1 aliphatic carbocycles. The largest absolute Gasteiger partial charge is 0.465 e. The number of hydrogen-bond donors (Lipinski definition) is 1. The summed E-state index contributed by atoms with van der Waals surface area (Å²) in [5, 5.41) is 3.26. The fourth-order valence-corrected chi connectivity index (χ4v) is 2.55. The first-order valence-electron chi connectivity index (χ1n) is 6.23. The molecule has 2 rings (SSSR count). The first kappa shape index (κ1) is 10.9. The fraction of sp³-hybridized carbons (Fsp3) is 0.917. The van der Waals surface area contributed by atoms with Crippen molar-refractivity contribution in [3.8, 4) is 0 Å². The molecule has 1 saturated heterocycles. The van der Waals surface area contributed by atoms with Gasteiger partial charge in [-0.2, -0.15) is 0 Å². The van der Waals surface area contributed by atoms with E-state index in [1.54, 1.807) is 0 Å². The molecule has 86 valence electrons. The second kappa shape index (κ2) is 5.50. The van der Waals surface area contributed by atoms with Crippen LogP contribution in [-0.2, 0) is 9.53 Å². The van der Waals surface area contributed by atoms with E-state index in [0.29, 0.717) is 12.5 Å². The number of esters is 1. The lowest BCUT2D eigenvalue weighted by Gasteiger charge is -2.21. The molecule has 1 heterocycles. The number of nitrogens with one attached hydrogen (secondary N) is 1. The summed E-state index contributed by atoms with van der Waals surface area (Å²) in [4.78, 5) is 11.7. The number of ether oxygens (including phenoxy) is 1.